The largest absolute Gasteiger partial charge is 0.491 e. The topological polar surface area (TPSA) is 343 Å². The third-order valence-electron chi connectivity index (χ3n) is 13.6. The van der Waals surface area contributed by atoms with Gasteiger partial charge in [0.15, 0.2) is 11.5 Å². The number of fused-ring (bicyclic) bond motifs is 4. The van der Waals surface area contributed by atoms with Gasteiger partial charge in [-0.25, -0.2) is 19.9 Å². The van der Waals surface area contributed by atoms with Crippen LogP contribution in [0.4, 0.5) is 5.95 Å². The molecule has 6 aromatic heterocycles. The van der Waals surface area contributed by atoms with Crippen molar-refractivity contribution < 1.29 is 43.4 Å². The number of ether oxygens (including phenoxy) is 1. The Kier molecular flexibility index (Phi) is 15.2. The van der Waals surface area contributed by atoms with Gasteiger partial charge in [-0.15, -0.1) is 11.8 Å². The first-order valence-electron chi connectivity index (χ1n) is 25.0. The quantitative estimate of drug-likeness (QED) is 0.0454. The van der Waals surface area contributed by atoms with Crippen LogP contribution >= 0.6 is 11.8 Å². The number of carbonyl (C=O) groups is 7. The number of rotatable bonds is 23. The molecule has 0 radical (unpaired) electrons. The van der Waals surface area contributed by atoms with Crippen molar-refractivity contribution in [2.75, 3.05) is 37.3 Å². The number of likely N-dealkylation sites (tertiary alicyclic amines) is 2. The minimum absolute atomic E-state index is 0.0228. The van der Waals surface area contributed by atoms with Crippen LogP contribution < -0.4 is 27.3 Å². The van der Waals surface area contributed by atoms with E-state index < -0.39 is 46.8 Å². The fourth-order valence-corrected chi connectivity index (χ4v) is 10.7. The fourth-order valence-electron chi connectivity index (χ4n) is 9.62. The van der Waals surface area contributed by atoms with Crippen molar-refractivity contribution >= 4 is 92.2 Å². The van der Waals surface area contributed by atoms with Crippen LogP contribution in [0.3, 0.4) is 0 Å². The van der Waals surface area contributed by atoms with Gasteiger partial charge in [-0.3, -0.25) is 57.7 Å². The summed E-state index contributed by atoms with van der Waals surface area (Å²) in [6, 6.07) is 7.32. The summed E-state index contributed by atoms with van der Waals surface area (Å²) < 4.78 is 13.8. The molecule has 398 valence electrons. The molecule has 0 aliphatic carbocycles. The molecule has 76 heavy (non-hydrogen) atoms. The highest BCUT2D eigenvalue weighted by atomic mass is 32.2. The predicted octanol–water partition coefficient (Wildman–Crippen LogP) is 2.87. The lowest BCUT2D eigenvalue weighted by molar-refractivity contribution is -0.142. The SMILES string of the molecule is CCn1nc(C)cc1C(=O)Nc1nc2cc(C(N)=O)cnc2n1CCCCn1c2nc(-c3cc(C)nn3CC)ncc2c2cc(C(N)=O)cc(OCCC3CN(C(=O)CCN4C(=O)CC(SC[C@H](N)C(=O)O)C4=O)C3)c21. The van der Waals surface area contributed by atoms with Gasteiger partial charge in [0, 0.05) is 93.1 Å². The maximum absolute atomic E-state index is 13.7. The van der Waals surface area contributed by atoms with E-state index in [0.717, 1.165) is 28.0 Å². The van der Waals surface area contributed by atoms with Gasteiger partial charge in [0.1, 0.15) is 34.3 Å². The molecule has 26 heteroatoms. The highest BCUT2D eigenvalue weighted by Crippen LogP contribution is 2.37. The molecular formula is C50H58N16O9S. The van der Waals surface area contributed by atoms with Gasteiger partial charge in [0.05, 0.1) is 34.3 Å². The number of pyridine rings is 1. The van der Waals surface area contributed by atoms with E-state index in [4.69, 9.17) is 37.0 Å². The van der Waals surface area contributed by atoms with Crippen molar-refractivity contribution in [2.24, 2.45) is 23.1 Å². The second-order valence-corrected chi connectivity index (χ2v) is 20.1. The number of aromatic nitrogens is 10. The summed E-state index contributed by atoms with van der Waals surface area (Å²) in [6.45, 7) is 10.4. The van der Waals surface area contributed by atoms with Gasteiger partial charge in [-0.05, 0) is 83.2 Å². The first-order chi connectivity index (χ1) is 36.4. The number of imide groups is 1. The number of aliphatic carboxylic acids is 1. The summed E-state index contributed by atoms with van der Waals surface area (Å²) in [5, 5.41) is 21.6. The second-order valence-electron chi connectivity index (χ2n) is 18.9. The minimum atomic E-state index is -1.20. The number of imidazole rings is 1. The van der Waals surface area contributed by atoms with Gasteiger partial charge in [-0.1, -0.05) is 0 Å². The second kappa shape index (κ2) is 21.9. The highest BCUT2D eigenvalue weighted by Gasteiger charge is 2.40. The maximum atomic E-state index is 13.7. The number of hydrogen-bond acceptors (Lipinski definition) is 16. The molecule has 8 N–H and O–H groups in total. The molecule has 1 aromatic carbocycles. The Balaban J connectivity index is 0.934. The van der Waals surface area contributed by atoms with Crippen LogP contribution in [-0.4, -0.2) is 148 Å². The Morgan fingerprint density at radius 3 is 2.26 bits per heavy atom. The van der Waals surface area contributed by atoms with Crippen molar-refractivity contribution in [1.82, 2.24) is 58.4 Å². The van der Waals surface area contributed by atoms with E-state index in [0.29, 0.717) is 115 Å². The molecule has 2 atom stereocenters. The Morgan fingerprint density at radius 2 is 1.55 bits per heavy atom. The van der Waals surface area contributed by atoms with Crippen LogP contribution in [0.5, 0.6) is 5.75 Å². The lowest BCUT2D eigenvalue weighted by Crippen LogP contribution is -2.51. The van der Waals surface area contributed by atoms with E-state index in [9.17, 15) is 33.6 Å². The van der Waals surface area contributed by atoms with Crippen LogP contribution in [0.1, 0.15) is 88.5 Å². The van der Waals surface area contributed by atoms with Crippen molar-refractivity contribution in [1.29, 1.82) is 0 Å². The highest BCUT2D eigenvalue weighted by molar-refractivity contribution is 8.00. The zero-order valence-electron chi connectivity index (χ0n) is 42.4. The van der Waals surface area contributed by atoms with Crippen molar-refractivity contribution in [3.05, 3.63) is 70.9 Å². The summed E-state index contributed by atoms with van der Waals surface area (Å²) in [6.07, 6.45) is 4.64. The maximum Gasteiger partial charge on any atom is 0.321 e. The summed E-state index contributed by atoms with van der Waals surface area (Å²) in [7, 11) is 0. The molecule has 6 amide bonds. The zero-order chi connectivity index (χ0) is 54.1. The van der Waals surface area contributed by atoms with Crippen LogP contribution in [-0.2, 0) is 45.4 Å². The van der Waals surface area contributed by atoms with Gasteiger partial charge in [-0.2, -0.15) is 10.2 Å². The molecule has 25 nitrogen and oxygen atoms in total. The molecule has 8 heterocycles. The molecule has 2 fully saturated rings. The molecule has 7 aromatic rings. The molecule has 2 aliphatic heterocycles. The van der Waals surface area contributed by atoms with Crippen molar-refractivity contribution in [2.45, 2.75) is 97.3 Å². The summed E-state index contributed by atoms with van der Waals surface area (Å²) in [5.41, 5.74) is 22.1. The van der Waals surface area contributed by atoms with Crippen molar-refractivity contribution in [3.8, 4) is 17.3 Å². The van der Waals surface area contributed by atoms with E-state index in [1.165, 1.54) is 12.3 Å². The molecule has 0 spiro atoms. The summed E-state index contributed by atoms with van der Waals surface area (Å²) in [4.78, 5) is 110. The fraction of sp³-hybridized carbons (Fsp3) is 0.420. The Hall–Kier alpha value is -8.26. The third kappa shape index (κ3) is 10.7. The molecule has 0 bridgehead atoms. The van der Waals surface area contributed by atoms with Gasteiger partial charge < -0.3 is 36.5 Å². The van der Waals surface area contributed by atoms with Gasteiger partial charge >= 0.3 is 5.97 Å². The Labute approximate surface area is 438 Å². The number of hydrogen-bond donors (Lipinski definition) is 5. The third-order valence-corrected chi connectivity index (χ3v) is 14.9. The van der Waals surface area contributed by atoms with E-state index in [-0.39, 0.29) is 60.6 Å². The predicted molar refractivity (Wildman–Crippen MR) is 279 cm³/mol. The van der Waals surface area contributed by atoms with Crippen LogP contribution in [0.2, 0.25) is 0 Å². The number of nitrogens with two attached hydrogens (primary N) is 3. The van der Waals surface area contributed by atoms with Crippen LogP contribution in [0, 0.1) is 19.8 Å². The number of benzene rings is 1. The molecule has 1 unspecified atom stereocenters. The number of anilines is 1. The van der Waals surface area contributed by atoms with E-state index in [2.05, 4.69) is 25.5 Å². The molecule has 2 aliphatic rings. The average molecular weight is 1060 g/mol. The van der Waals surface area contributed by atoms with Gasteiger partial charge in [0.25, 0.3) is 5.91 Å². The number of nitrogens with zero attached hydrogens (tertiary/aromatic N) is 12. The first kappa shape index (κ1) is 52.6. The smallest absolute Gasteiger partial charge is 0.321 e. The number of amides is 6. The average Bonchev–Trinajstić information content (AvgIpc) is 4.20. The molecular weight excluding hydrogens is 1000 g/mol. The number of aryl methyl sites for hydroxylation is 6. The molecule has 2 saturated heterocycles. The number of carboxylic acids is 1. The van der Waals surface area contributed by atoms with Crippen LogP contribution in [0.25, 0.3) is 44.6 Å². The normalized spacial score (nSPS) is 15.3. The minimum Gasteiger partial charge on any atom is -0.491 e. The number of nitrogens with one attached hydrogen (secondary N) is 1. The number of unbranched alkanes of at least 4 members (excludes halogenated alkanes) is 1. The van der Waals surface area contributed by atoms with Crippen LogP contribution in [0.15, 0.2) is 42.7 Å². The van der Waals surface area contributed by atoms with E-state index in [1.54, 1.807) is 45.5 Å². The zero-order valence-corrected chi connectivity index (χ0v) is 43.2. The standard InChI is InChI=1S/C50H58N16O9S/c1-5-65-35(15-26(3)59-65)44-54-22-32-31-17-29(42(52)69)19-37(75-14-10-28-23-61(24-28)39(67)9-13-62-40(68)20-38(48(62)72)76-25-33(51)49(73)74)41(31)63(45(32)57-44)11-7-8-12-64-46-34(18-30(21-55-46)43(53)70)56-50(64)58-47(71)36-16-27(4)60-66(36)6-2/h15-19,21-22,28,33,38H,5-14,20,23-25,51H2,1-4H3,(H2,52,69)(H2,53,70)(H,73,74)(H,56,58,71)/t33-,38?/m0/s1. The number of primary amides is 2. The lowest BCUT2D eigenvalue weighted by Gasteiger charge is -2.39. The Bertz CT molecular complexity index is 3460. The summed E-state index contributed by atoms with van der Waals surface area (Å²) >= 11 is 1.03. The van der Waals surface area contributed by atoms with Gasteiger partial charge in [0.2, 0.25) is 35.5 Å². The number of carboxylic acid groups (broad SMARTS) is 1. The number of thioether (sulfide) groups is 1. The van der Waals surface area contributed by atoms with E-state index in [1.807, 2.05) is 36.1 Å². The summed E-state index contributed by atoms with van der Waals surface area (Å²) in [5.74, 6) is -2.87. The monoisotopic (exact) mass is 1060 g/mol. The number of carbonyl (C=O) groups excluding carboxylic acids is 6. The van der Waals surface area contributed by atoms with Crippen molar-refractivity contribution in [3.63, 3.8) is 0 Å². The molecule has 9 rings (SSSR count). The van der Waals surface area contributed by atoms with E-state index >= 15 is 0 Å². The molecule has 0 saturated carbocycles. The Morgan fingerprint density at radius 1 is 0.842 bits per heavy atom. The lowest BCUT2D eigenvalue weighted by atomic mass is 9.96. The first-order valence-corrected chi connectivity index (χ1v) is 26.0.